The predicted molar refractivity (Wildman–Crippen MR) is 125 cm³/mol. The van der Waals surface area contributed by atoms with E-state index >= 15 is 0 Å². The second kappa shape index (κ2) is 8.77. The molecule has 0 atom stereocenters. The molecular formula is C23H28N6O2. The number of benzene rings is 1. The Morgan fingerprint density at radius 2 is 1.87 bits per heavy atom. The van der Waals surface area contributed by atoms with Crippen LogP contribution in [0.1, 0.15) is 12.5 Å². The van der Waals surface area contributed by atoms with E-state index < -0.39 is 11.2 Å². The van der Waals surface area contributed by atoms with Crippen molar-refractivity contribution in [1.29, 1.82) is 0 Å². The average molecular weight is 421 g/mol. The zero-order chi connectivity index (χ0) is 22.0. The van der Waals surface area contributed by atoms with Gasteiger partial charge in [-0.3, -0.25) is 19.2 Å². The first kappa shape index (κ1) is 20.9. The van der Waals surface area contributed by atoms with E-state index in [0.29, 0.717) is 17.7 Å². The Morgan fingerprint density at radius 1 is 1.16 bits per heavy atom. The van der Waals surface area contributed by atoms with Gasteiger partial charge in [0.25, 0.3) is 5.56 Å². The summed E-state index contributed by atoms with van der Waals surface area (Å²) < 4.78 is 3.30. The third-order valence-corrected chi connectivity index (χ3v) is 5.53. The minimum atomic E-state index is -0.459. The van der Waals surface area contributed by atoms with Gasteiger partial charge in [-0.15, -0.1) is 0 Å². The van der Waals surface area contributed by atoms with Crippen molar-refractivity contribution in [3.05, 3.63) is 75.0 Å². The molecule has 1 aliphatic heterocycles. The van der Waals surface area contributed by atoms with Crippen molar-refractivity contribution in [2.45, 2.75) is 13.5 Å². The first-order valence-electron chi connectivity index (χ1n) is 10.5. The summed E-state index contributed by atoms with van der Waals surface area (Å²) in [5, 5.41) is 0. The highest BCUT2D eigenvalue weighted by Gasteiger charge is 2.24. The maximum absolute atomic E-state index is 12.7. The zero-order valence-corrected chi connectivity index (χ0v) is 18.0. The summed E-state index contributed by atoms with van der Waals surface area (Å²) in [5.74, 6) is 0.717. The third-order valence-electron chi connectivity index (χ3n) is 5.53. The van der Waals surface area contributed by atoms with E-state index in [9.17, 15) is 9.59 Å². The van der Waals surface area contributed by atoms with Gasteiger partial charge in [0.15, 0.2) is 11.2 Å². The van der Waals surface area contributed by atoms with Gasteiger partial charge in [0.05, 0.1) is 0 Å². The van der Waals surface area contributed by atoms with Gasteiger partial charge >= 0.3 is 5.69 Å². The summed E-state index contributed by atoms with van der Waals surface area (Å²) >= 11 is 0. The number of aromatic nitrogens is 4. The van der Waals surface area contributed by atoms with Gasteiger partial charge in [-0.2, -0.15) is 4.98 Å². The van der Waals surface area contributed by atoms with Crippen LogP contribution in [0.5, 0.6) is 0 Å². The lowest BCUT2D eigenvalue weighted by molar-refractivity contribution is 0.276. The van der Waals surface area contributed by atoms with Gasteiger partial charge in [-0.05, 0) is 12.5 Å². The van der Waals surface area contributed by atoms with Gasteiger partial charge in [0.2, 0.25) is 5.95 Å². The van der Waals surface area contributed by atoms with E-state index in [2.05, 4.69) is 21.4 Å². The lowest BCUT2D eigenvalue weighted by Crippen LogP contribution is -2.47. The Balaban J connectivity index is 1.70. The van der Waals surface area contributed by atoms with Crippen LogP contribution in [0.3, 0.4) is 0 Å². The van der Waals surface area contributed by atoms with Gasteiger partial charge in [0.1, 0.15) is 0 Å². The van der Waals surface area contributed by atoms with Crippen molar-refractivity contribution >= 4 is 23.2 Å². The Morgan fingerprint density at radius 3 is 2.55 bits per heavy atom. The number of anilines is 1. The second-order valence-electron chi connectivity index (χ2n) is 8.05. The number of aromatic amines is 1. The molecule has 3 aromatic rings. The molecule has 3 heterocycles. The summed E-state index contributed by atoms with van der Waals surface area (Å²) in [7, 11) is 1.63. The van der Waals surface area contributed by atoms with Gasteiger partial charge < -0.3 is 9.47 Å². The summed E-state index contributed by atoms with van der Waals surface area (Å²) in [4.78, 5) is 36.5. The summed E-state index contributed by atoms with van der Waals surface area (Å²) in [6.45, 7) is 10.8. The lowest BCUT2D eigenvalue weighted by atomic mass is 10.2. The van der Waals surface area contributed by atoms with Crippen molar-refractivity contribution in [1.82, 2.24) is 24.0 Å². The molecule has 0 aliphatic carbocycles. The van der Waals surface area contributed by atoms with E-state index in [1.54, 1.807) is 7.05 Å². The number of piperazine rings is 1. The number of hydrogen-bond donors (Lipinski definition) is 1. The first-order chi connectivity index (χ1) is 14.9. The topological polar surface area (TPSA) is 79.2 Å². The van der Waals surface area contributed by atoms with Crippen molar-refractivity contribution in [3.63, 3.8) is 0 Å². The van der Waals surface area contributed by atoms with Crippen LogP contribution in [0.25, 0.3) is 17.2 Å². The molecule has 1 N–H and O–H groups in total. The fraction of sp³-hybridized carbons (Fsp3) is 0.348. The largest absolute Gasteiger partial charge is 0.340 e. The monoisotopic (exact) mass is 420 g/mol. The van der Waals surface area contributed by atoms with E-state index in [0.717, 1.165) is 49.8 Å². The maximum Gasteiger partial charge on any atom is 0.329 e. The molecule has 1 aromatic carbocycles. The van der Waals surface area contributed by atoms with Crippen LogP contribution >= 0.6 is 0 Å². The van der Waals surface area contributed by atoms with Crippen molar-refractivity contribution in [3.8, 4) is 0 Å². The highest BCUT2D eigenvalue weighted by Crippen LogP contribution is 2.21. The highest BCUT2D eigenvalue weighted by molar-refractivity contribution is 5.74. The molecule has 0 radical (unpaired) electrons. The summed E-state index contributed by atoms with van der Waals surface area (Å²) in [6.07, 6.45) is 4.04. The highest BCUT2D eigenvalue weighted by atomic mass is 16.2. The number of aryl methyl sites for hydroxylation is 1. The average Bonchev–Trinajstić information content (AvgIpc) is 3.13. The molecule has 0 amide bonds. The quantitative estimate of drug-likeness (QED) is 0.616. The van der Waals surface area contributed by atoms with Crippen LogP contribution in [0.4, 0.5) is 5.95 Å². The fourth-order valence-corrected chi connectivity index (χ4v) is 3.98. The van der Waals surface area contributed by atoms with E-state index in [-0.39, 0.29) is 0 Å². The normalized spacial score (nSPS) is 15.2. The van der Waals surface area contributed by atoms with E-state index in [4.69, 9.17) is 4.98 Å². The number of nitrogens with one attached hydrogen (secondary N) is 1. The summed E-state index contributed by atoms with van der Waals surface area (Å²) in [5.41, 5.74) is 2.18. The van der Waals surface area contributed by atoms with Crippen LogP contribution in [0.15, 0.2) is 58.1 Å². The van der Waals surface area contributed by atoms with E-state index in [1.807, 2.05) is 54.0 Å². The van der Waals surface area contributed by atoms with Crippen LogP contribution < -0.4 is 16.1 Å². The summed E-state index contributed by atoms with van der Waals surface area (Å²) in [6, 6.07) is 10.0. The molecule has 1 aliphatic rings. The molecule has 31 heavy (non-hydrogen) atoms. The number of fused-ring (bicyclic) bond motifs is 1. The molecule has 0 unspecified atom stereocenters. The standard InChI is InChI=1S/C23H28N6O2/c1-17(2)16-27-12-14-28(15-13-27)22-24-20-19(21(30)25-23(31)26(20)3)29(22)11-7-10-18-8-5-4-6-9-18/h4-10H,1,11-16H2,2-3H3,(H,25,30,31). The molecule has 8 nitrogen and oxygen atoms in total. The minimum Gasteiger partial charge on any atom is -0.340 e. The van der Waals surface area contributed by atoms with Crippen molar-refractivity contribution < 1.29 is 0 Å². The van der Waals surface area contributed by atoms with Gasteiger partial charge in [-0.1, -0.05) is 54.6 Å². The van der Waals surface area contributed by atoms with Crippen LogP contribution in [0.2, 0.25) is 0 Å². The molecular weight excluding hydrogens is 392 g/mol. The second-order valence-corrected chi connectivity index (χ2v) is 8.05. The number of nitrogens with zero attached hydrogens (tertiary/aromatic N) is 5. The Kier molecular flexibility index (Phi) is 5.90. The molecule has 1 fully saturated rings. The Labute approximate surface area is 180 Å². The smallest absolute Gasteiger partial charge is 0.329 e. The minimum absolute atomic E-state index is 0.404. The van der Waals surface area contributed by atoms with Crippen LogP contribution in [0, 0.1) is 0 Å². The molecule has 0 spiro atoms. The third kappa shape index (κ3) is 4.39. The lowest BCUT2D eigenvalue weighted by Gasteiger charge is -2.35. The molecule has 0 bridgehead atoms. The maximum atomic E-state index is 12.7. The number of imidazole rings is 1. The first-order valence-corrected chi connectivity index (χ1v) is 10.5. The molecule has 8 heteroatoms. The van der Waals surface area contributed by atoms with Crippen molar-refractivity contribution in [2.24, 2.45) is 7.05 Å². The molecule has 2 aromatic heterocycles. The van der Waals surface area contributed by atoms with Crippen LogP contribution in [-0.2, 0) is 13.6 Å². The van der Waals surface area contributed by atoms with E-state index in [1.165, 1.54) is 4.57 Å². The van der Waals surface area contributed by atoms with Gasteiger partial charge in [0, 0.05) is 46.3 Å². The number of H-pyrrole nitrogens is 1. The number of hydrogen-bond acceptors (Lipinski definition) is 5. The van der Waals surface area contributed by atoms with Crippen molar-refractivity contribution in [2.75, 3.05) is 37.6 Å². The predicted octanol–water partition coefficient (Wildman–Crippen LogP) is 1.83. The Bertz CT molecular complexity index is 1230. The zero-order valence-electron chi connectivity index (χ0n) is 18.0. The fourth-order valence-electron chi connectivity index (χ4n) is 3.98. The van der Waals surface area contributed by atoms with Gasteiger partial charge in [-0.25, -0.2) is 4.79 Å². The number of rotatable bonds is 6. The number of allylic oxidation sites excluding steroid dienone is 1. The Hall–Kier alpha value is -3.39. The molecule has 1 saturated heterocycles. The molecule has 162 valence electrons. The SMILES string of the molecule is C=C(C)CN1CCN(c2nc3c(c(=O)[nH]c(=O)n3C)n2CC=Cc2ccccc2)CC1. The molecule has 4 rings (SSSR count). The molecule has 0 saturated carbocycles. The van der Waals surface area contributed by atoms with Crippen LogP contribution in [-0.4, -0.2) is 56.7 Å².